The van der Waals surface area contributed by atoms with Gasteiger partial charge in [0.2, 0.25) is 0 Å². The van der Waals surface area contributed by atoms with E-state index in [0.29, 0.717) is 24.0 Å². The summed E-state index contributed by atoms with van der Waals surface area (Å²) in [5, 5.41) is 5.83. The molecule has 0 bridgehead atoms. The fourth-order valence-electron chi connectivity index (χ4n) is 2.74. The van der Waals surface area contributed by atoms with E-state index >= 15 is 0 Å². The van der Waals surface area contributed by atoms with Crippen LogP contribution in [0.1, 0.15) is 59.3 Å². The highest BCUT2D eigenvalue weighted by Gasteiger charge is 2.33. The number of nitrogens with one attached hydrogen (secondary N) is 2. The lowest BCUT2D eigenvalue weighted by molar-refractivity contribution is 0.0874. The molecule has 2 aromatic heterocycles. The van der Waals surface area contributed by atoms with Gasteiger partial charge in [-0.15, -0.1) is 0 Å². The molecule has 0 spiro atoms. The van der Waals surface area contributed by atoms with Crippen LogP contribution in [0.15, 0.2) is 33.1 Å². The first-order valence-electron chi connectivity index (χ1n) is 8.87. The van der Waals surface area contributed by atoms with Crippen LogP contribution in [0, 0.1) is 5.92 Å². The van der Waals surface area contributed by atoms with E-state index in [9.17, 15) is 9.59 Å². The topological polar surface area (TPSA) is 84.5 Å². The first-order valence-corrected chi connectivity index (χ1v) is 8.87. The zero-order valence-corrected chi connectivity index (χ0v) is 14.6. The minimum absolute atomic E-state index is 0.104. The Hall–Kier alpha value is -2.50. The highest BCUT2D eigenvalue weighted by Crippen LogP contribution is 2.32. The summed E-state index contributed by atoms with van der Waals surface area (Å²) in [4.78, 5) is 24.5. The number of aryl methyl sites for hydroxylation is 2. The second-order valence-electron chi connectivity index (χ2n) is 6.37. The largest absolute Gasteiger partial charge is 0.456 e. The number of hydrogen-bond acceptors (Lipinski definition) is 4. The summed E-state index contributed by atoms with van der Waals surface area (Å²) < 4.78 is 10.9. The van der Waals surface area contributed by atoms with Gasteiger partial charge in [0.1, 0.15) is 11.5 Å². The van der Waals surface area contributed by atoms with E-state index in [-0.39, 0.29) is 17.9 Å². The van der Waals surface area contributed by atoms with Crippen molar-refractivity contribution in [1.29, 1.82) is 0 Å². The Labute approximate surface area is 147 Å². The molecule has 1 aliphatic carbocycles. The molecule has 0 aliphatic heterocycles. The van der Waals surface area contributed by atoms with Gasteiger partial charge in [0.25, 0.3) is 11.8 Å². The van der Waals surface area contributed by atoms with Gasteiger partial charge in [0.15, 0.2) is 11.5 Å². The van der Waals surface area contributed by atoms with Crippen molar-refractivity contribution < 1.29 is 18.4 Å². The Morgan fingerprint density at radius 2 is 1.56 bits per heavy atom. The minimum Gasteiger partial charge on any atom is -0.456 e. The summed E-state index contributed by atoms with van der Waals surface area (Å²) in [5.41, 5.74) is 0. The van der Waals surface area contributed by atoms with Crippen LogP contribution in [0.5, 0.6) is 0 Å². The van der Waals surface area contributed by atoms with Crippen molar-refractivity contribution in [2.24, 2.45) is 5.92 Å². The predicted octanol–water partition coefficient (Wildman–Crippen LogP) is 2.94. The van der Waals surface area contributed by atoms with Crippen LogP contribution in [0.2, 0.25) is 0 Å². The van der Waals surface area contributed by atoms with Crippen LogP contribution in [0.3, 0.4) is 0 Å². The molecule has 6 heteroatoms. The first-order chi connectivity index (χ1) is 12.1. The van der Waals surface area contributed by atoms with Crippen LogP contribution in [-0.2, 0) is 12.8 Å². The molecule has 6 nitrogen and oxygen atoms in total. The second kappa shape index (κ2) is 7.59. The lowest BCUT2D eigenvalue weighted by atomic mass is 10.1. The maximum absolute atomic E-state index is 12.3. The van der Waals surface area contributed by atoms with E-state index in [0.717, 1.165) is 37.2 Å². The third-order valence-electron chi connectivity index (χ3n) is 4.46. The van der Waals surface area contributed by atoms with E-state index in [1.54, 1.807) is 18.2 Å². The van der Waals surface area contributed by atoms with E-state index in [2.05, 4.69) is 10.6 Å². The van der Waals surface area contributed by atoms with Gasteiger partial charge in [-0.3, -0.25) is 9.59 Å². The molecule has 1 fully saturated rings. The van der Waals surface area contributed by atoms with Gasteiger partial charge in [0, 0.05) is 25.4 Å². The lowest BCUT2D eigenvalue weighted by Gasteiger charge is -2.18. The molecule has 1 aliphatic rings. The van der Waals surface area contributed by atoms with Gasteiger partial charge in [0.05, 0.1) is 0 Å². The van der Waals surface area contributed by atoms with Gasteiger partial charge >= 0.3 is 0 Å². The van der Waals surface area contributed by atoms with Crippen LogP contribution in [0.25, 0.3) is 0 Å². The fraction of sp³-hybridized carbons (Fsp3) is 0.474. The van der Waals surface area contributed by atoms with Crippen molar-refractivity contribution >= 4 is 11.8 Å². The molecule has 0 saturated heterocycles. The van der Waals surface area contributed by atoms with Crippen LogP contribution in [0.4, 0.5) is 0 Å². The van der Waals surface area contributed by atoms with Gasteiger partial charge in [-0.1, -0.05) is 13.8 Å². The molecule has 25 heavy (non-hydrogen) atoms. The predicted molar refractivity (Wildman–Crippen MR) is 92.5 cm³/mol. The lowest BCUT2D eigenvalue weighted by Crippen LogP contribution is -2.45. The quantitative estimate of drug-likeness (QED) is 0.771. The average Bonchev–Trinajstić information content (AvgIpc) is 3.16. The number of carbonyl (C=O) groups is 2. The summed E-state index contributed by atoms with van der Waals surface area (Å²) in [5.74, 6) is 2.08. The molecule has 2 amide bonds. The molecule has 0 radical (unpaired) electrons. The molecule has 2 aromatic rings. The summed E-state index contributed by atoms with van der Waals surface area (Å²) in [6.45, 7) is 4.32. The van der Waals surface area contributed by atoms with E-state index in [1.807, 2.05) is 19.9 Å². The Bertz CT molecular complexity index is 742. The van der Waals surface area contributed by atoms with E-state index < -0.39 is 0 Å². The standard InChI is InChI=1S/C19H24N2O4/c1-3-13-7-9-16(24-13)18(22)20-11-15(12-5-6-12)21-19(23)17-10-8-14(4-2)25-17/h7-10,12,15H,3-6,11H2,1-2H3,(H,20,22)(H,21,23). The zero-order chi connectivity index (χ0) is 17.8. The highest BCUT2D eigenvalue weighted by atomic mass is 16.4. The van der Waals surface area contributed by atoms with Gasteiger partial charge in [-0.25, -0.2) is 0 Å². The van der Waals surface area contributed by atoms with E-state index in [4.69, 9.17) is 8.83 Å². The molecule has 2 heterocycles. The van der Waals surface area contributed by atoms with Crippen molar-refractivity contribution in [3.8, 4) is 0 Å². The normalized spacial score (nSPS) is 15.0. The number of carbonyl (C=O) groups excluding carboxylic acids is 2. The minimum atomic E-state index is -0.258. The van der Waals surface area contributed by atoms with Crippen molar-refractivity contribution in [3.05, 3.63) is 47.3 Å². The molecule has 3 rings (SSSR count). The smallest absolute Gasteiger partial charge is 0.287 e. The third kappa shape index (κ3) is 4.32. The summed E-state index contributed by atoms with van der Waals surface area (Å²) in [6.07, 6.45) is 3.61. The van der Waals surface area contributed by atoms with Crippen molar-refractivity contribution in [1.82, 2.24) is 10.6 Å². The summed E-state index contributed by atoms with van der Waals surface area (Å²) in [6, 6.07) is 6.87. The Morgan fingerprint density at radius 3 is 2.04 bits per heavy atom. The van der Waals surface area contributed by atoms with Crippen molar-refractivity contribution in [2.45, 2.75) is 45.6 Å². The monoisotopic (exact) mass is 344 g/mol. The Morgan fingerprint density at radius 1 is 1.00 bits per heavy atom. The first kappa shape index (κ1) is 17.3. The van der Waals surface area contributed by atoms with Crippen LogP contribution < -0.4 is 10.6 Å². The molecular formula is C19H24N2O4. The van der Waals surface area contributed by atoms with Crippen molar-refractivity contribution in [2.75, 3.05) is 6.54 Å². The number of furan rings is 2. The molecule has 1 saturated carbocycles. The molecule has 1 atom stereocenters. The highest BCUT2D eigenvalue weighted by molar-refractivity contribution is 5.92. The summed E-state index contributed by atoms with van der Waals surface area (Å²) in [7, 11) is 0. The zero-order valence-electron chi connectivity index (χ0n) is 14.6. The second-order valence-corrected chi connectivity index (χ2v) is 6.37. The third-order valence-corrected chi connectivity index (χ3v) is 4.46. The van der Waals surface area contributed by atoms with Gasteiger partial charge < -0.3 is 19.5 Å². The van der Waals surface area contributed by atoms with Crippen molar-refractivity contribution in [3.63, 3.8) is 0 Å². The molecular weight excluding hydrogens is 320 g/mol. The molecule has 1 unspecified atom stereocenters. The van der Waals surface area contributed by atoms with Gasteiger partial charge in [-0.05, 0) is 43.0 Å². The Balaban J connectivity index is 1.56. The number of hydrogen-bond donors (Lipinski definition) is 2. The number of amides is 2. The maximum Gasteiger partial charge on any atom is 0.287 e. The molecule has 0 aromatic carbocycles. The molecule has 2 N–H and O–H groups in total. The van der Waals surface area contributed by atoms with E-state index in [1.165, 1.54) is 0 Å². The number of rotatable bonds is 8. The van der Waals surface area contributed by atoms with Crippen LogP contribution >= 0.6 is 0 Å². The maximum atomic E-state index is 12.3. The molecule has 134 valence electrons. The fourth-order valence-corrected chi connectivity index (χ4v) is 2.74. The average molecular weight is 344 g/mol. The Kier molecular flexibility index (Phi) is 5.26. The summed E-state index contributed by atoms with van der Waals surface area (Å²) >= 11 is 0. The van der Waals surface area contributed by atoms with Crippen LogP contribution in [-0.4, -0.2) is 24.4 Å². The van der Waals surface area contributed by atoms with Gasteiger partial charge in [-0.2, -0.15) is 0 Å². The SMILES string of the molecule is CCc1ccc(C(=O)NCC(NC(=O)c2ccc(CC)o2)C2CC2)o1.